The molecule has 0 saturated carbocycles. The fourth-order valence-electron chi connectivity index (χ4n) is 2.21. The molecule has 2 N–H and O–H groups in total. The third-order valence-electron chi connectivity index (χ3n) is 3.24. The predicted octanol–water partition coefficient (Wildman–Crippen LogP) is 3.88. The quantitative estimate of drug-likeness (QED) is 0.842. The molecule has 0 radical (unpaired) electrons. The minimum Gasteiger partial charge on any atom is -0.324 e. The summed E-state index contributed by atoms with van der Waals surface area (Å²) in [4.78, 5) is 0. The molecule has 0 amide bonds. The minimum absolute atomic E-state index is 0.0862. The summed E-state index contributed by atoms with van der Waals surface area (Å²) in [6.45, 7) is 2.20. The summed E-state index contributed by atoms with van der Waals surface area (Å²) in [7, 11) is 0. The highest BCUT2D eigenvalue weighted by atomic mass is 14.6. The largest absolute Gasteiger partial charge is 0.324 e. The molecule has 0 aliphatic rings. The predicted molar refractivity (Wildman–Crippen MR) is 77.5 cm³/mol. The first-order chi connectivity index (χ1) is 8.79. The Bertz CT molecular complexity index is 459. The van der Waals surface area contributed by atoms with Gasteiger partial charge in [-0.05, 0) is 29.5 Å². The van der Waals surface area contributed by atoms with Crippen LogP contribution in [-0.4, -0.2) is 0 Å². The van der Waals surface area contributed by atoms with Gasteiger partial charge in [0.15, 0.2) is 0 Å². The average molecular weight is 239 g/mol. The van der Waals surface area contributed by atoms with Gasteiger partial charge in [-0.1, -0.05) is 67.9 Å². The molecule has 0 aliphatic carbocycles. The maximum atomic E-state index is 6.25. The van der Waals surface area contributed by atoms with E-state index in [1.54, 1.807) is 0 Å². The number of rotatable bonds is 5. The van der Waals surface area contributed by atoms with Crippen molar-refractivity contribution in [2.45, 2.75) is 32.2 Å². The van der Waals surface area contributed by atoms with Gasteiger partial charge in [0.05, 0.1) is 0 Å². The molecule has 0 spiro atoms. The zero-order valence-corrected chi connectivity index (χ0v) is 11.0. The second-order valence-corrected chi connectivity index (χ2v) is 4.79. The van der Waals surface area contributed by atoms with Crippen LogP contribution < -0.4 is 5.73 Å². The highest BCUT2D eigenvalue weighted by molar-refractivity contribution is 5.27. The molecule has 2 aromatic rings. The van der Waals surface area contributed by atoms with Gasteiger partial charge in [-0.3, -0.25) is 0 Å². The lowest BCUT2D eigenvalue weighted by molar-refractivity contribution is 0.721. The van der Waals surface area contributed by atoms with Crippen molar-refractivity contribution in [3.8, 4) is 0 Å². The third-order valence-corrected chi connectivity index (χ3v) is 3.24. The van der Waals surface area contributed by atoms with Gasteiger partial charge in [0.2, 0.25) is 0 Å². The Morgan fingerprint density at radius 1 is 0.889 bits per heavy atom. The van der Waals surface area contributed by atoms with E-state index in [1.807, 2.05) is 6.07 Å². The highest BCUT2D eigenvalue weighted by Gasteiger charge is 2.06. The van der Waals surface area contributed by atoms with Crippen LogP contribution in [0.2, 0.25) is 0 Å². The first-order valence-corrected chi connectivity index (χ1v) is 6.68. The van der Waals surface area contributed by atoms with Crippen LogP contribution >= 0.6 is 0 Å². The average Bonchev–Trinajstić information content (AvgIpc) is 2.41. The molecule has 0 heterocycles. The van der Waals surface area contributed by atoms with Gasteiger partial charge in [-0.2, -0.15) is 0 Å². The summed E-state index contributed by atoms with van der Waals surface area (Å²) in [6, 6.07) is 19.2. The van der Waals surface area contributed by atoms with E-state index < -0.39 is 0 Å². The van der Waals surface area contributed by atoms with Crippen molar-refractivity contribution in [1.29, 1.82) is 0 Å². The normalized spacial score (nSPS) is 12.3. The topological polar surface area (TPSA) is 26.0 Å². The Kier molecular flexibility index (Phi) is 4.54. The van der Waals surface area contributed by atoms with Crippen LogP contribution in [0.4, 0.5) is 0 Å². The molecule has 2 rings (SSSR count). The molecule has 0 bridgehead atoms. The Balaban J connectivity index is 2.02. The third kappa shape index (κ3) is 3.44. The van der Waals surface area contributed by atoms with Gasteiger partial charge in [0.25, 0.3) is 0 Å². The monoisotopic (exact) mass is 239 g/mol. The lowest BCUT2D eigenvalue weighted by atomic mass is 9.98. The van der Waals surface area contributed by atoms with Crippen LogP contribution in [0.15, 0.2) is 54.6 Å². The highest BCUT2D eigenvalue weighted by Crippen LogP contribution is 2.17. The second kappa shape index (κ2) is 6.36. The van der Waals surface area contributed by atoms with Crippen LogP contribution in [0.1, 0.15) is 36.1 Å². The summed E-state index contributed by atoms with van der Waals surface area (Å²) in [5, 5.41) is 0. The van der Waals surface area contributed by atoms with Crippen molar-refractivity contribution in [2.24, 2.45) is 5.73 Å². The van der Waals surface area contributed by atoms with E-state index in [0.717, 1.165) is 12.8 Å². The first kappa shape index (κ1) is 12.8. The molecule has 0 aliphatic heterocycles. The fraction of sp³-hybridized carbons (Fsp3) is 0.294. The maximum Gasteiger partial charge on any atom is 0.0335 e. The molecular formula is C17H21N. The smallest absolute Gasteiger partial charge is 0.0335 e. The van der Waals surface area contributed by atoms with Gasteiger partial charge in [0.1, 0.15) is 0 Å². The van der Waals surface area contributed by atoms with Crippen LogP contribution in [0.5, 0.6) is 0 Å². The summed E-state index contributed by atoms with van der Waals surface area (Å²) in [5.74, 6) is 0. The SMILES string of the molecule is CCCc1ccc(C(N)Cc2ccccc2)cc1. The fourth-order valence-corrected chi connectivity index (χ4v) is 2.21. The summed E-state index contributed by atoms with van der Waals surface area (Å²) in [5.41, 5.74) is 10.2. The number of aryl methyl sites for hydroxylation is 1. The summed E-state index contributed by atoms with van der Waals surface area (Å²) in [6.07, 6.45) is 3.23. The van der Waals surface area contributed by atoms with E-state index in [4.69, 9.17) is 5.73 Å². The standard InChI is InChI=1S/C17H21N/c1-2-6-14-9-11-16(12-10-14)17(18)13-15-7-4-3-5-8-15/h3-5,7-12,17H,2,6,13,18H2,1H3. The number of hydrogen-bond donors (Lipinski definition) is 1. The van der Waals surface area contributed by atoms with Gasteiger partial charge in [-0.25, -0.2) is 0 Å². The van der Waals surface area contributed by atoms with Crippen molar-refractivity contribution in [2.75, 3.05) is 0 Å². The molecule has 1 unspecified atom stereocenters. The van der Waals surface area contributed by atoms with Crippen molar-refractivity contribution in [1.82, 2.24) is 0 Å². The van der Waals surface area contributed by atoms with E-state index >= 15 is 0 Å². The van der Waals surface area contributed by atoms with Crippen molar-refractivity contribution in [3.63, 3.8) is 0 Å². The molecular weight excluding hydrogens is 218 g/mol. The Morgan fingerprint density at radius 2 is 1.56 bits per heavy atom. The molecule has 0 fully saturated rings. The lowest BCUT2D eigenvalue weighted by Gasteiger charge is -2.12. The van der Waals surface area contributed by atoms with E-state index in [0.29, 0.717) is 0 Å². The number of benzene rings is 2. The van der Waals surface area contributed by atoms with Gasteiger partial charge >= 0.3 is 0 Å². The molecule has 1 heteroatoms. The molecule has 0 aromatic heterocycles. The Hall–Kier alpha value is -1.60. The van der Waals surface area contributed by atoms with Gasteiger partial charge in [-0.15, -0.1) is 0 Å². The second-order valence-electron chi connectivity index (χ2n) is 4.79. The maximum absolute atomic E-state index is 6.25. The molecule has 2 aromatic carbocycles. The zero-order chi connectivity index (χ0) is 12.8. The molecule has 0 saturated heterocycles. The van der Waals surface area contributed by atoms with E-state index in [1.165, 1.54) is 23.1 Å². The van der Waals surface area contributed by atoms with E-state index in [2.05, 4.69) is 55.5 Å². The Morgan fingerprint density at radius 3 is 2.17 bits per heavy atom. The molecule has 1 nitrogen and oxygen atoms in total. The Labute approximate surface area is 110 Å². The van der Waals surface area contributed by atoms with E-state index in [9.17, 15) is 0 Å². The van der Waals surface area contributed by atoms with Gasteiger partial charge < -0.3 is 5.73 Å². The first-order valence-electron chi connectivity index (χ1n) is 6.68. The van der Waals surface area contributed by atoms with Crippen LogP contribution in [0.3, 0.4) is 0 Å². The number of hydrogen-bond acceptors (Lipinski definition) is 1. The van der Waals surface area contributed by atoms with Crippen LogP contribution in [0, 0.1) is 0 Å². The van der Waals surface area contributed by atoms with Crippen molar-refractivity contribution >= 4 is 0 Å². The summed E-state index contributed by atoms with van der Waals surface area (Å²) >= 11 is 0. The lowest BCUT2D eigenvalue weighted by Crippen LogP contribution is -2.13. The van der Waals surface area contributed by atoms with Crippen molar-refractivity contribution < 1.29 is 0 Å². The zero-order valence-electron chi connectivity index (χ0n) is 11.0. The summed E-state index contributed by atoms with van der Waals surface area (Å²) < 4.78 is 0. The van der Waals surface area contributed by atoms with Crippen LogP contribution in [0.25, 0.3) is 0 Å². The van der Waals surface area contributed by atoms with Crippen molar-refractivity contribution in [3.05, 3.63) is 71.3 Å². The molecule has 18 heavy (non-hydrogen) atoms. The molecule has 94 valence electrons. The number of nitrogens with two attached hydrogens (primary N) is 1. The van der Waals surface area contributed by atoms with Gasteiger partial charge in [0, 0.05) is 6.04 Å². The van der Waals surface area contributed by atoms with Crippen LogP contribution in [-0.2, 0) is 12.8 Å². The minimum atomic E-state index is 0.0862. The van der Waals surface area contributed by atoms with E-state index in [-0.39, 0.29) is 6.04 Å². The molecule has 1 atom stereocenters.